The van der Waals surface area contributed by atoms with Crippen LogP contribution >= 0.6 is 61.1 Å². The maximum Gasteiger partial charge on any atom is 0.137 e. The maximum absolute atomic E-state index is 4.80. The molecule has 0 saturated carbocycles. The highest BCUT2D eigenvalue weighted by atomic mass is 127. The topological polar surface area (TPSA) is 17.8 Å². The van der Waals surface area contributed by atoms with Crippen LogP contribution in [-0.4, -0.2) is 9.78 Å². The molecule has 1 rings (SSSR count). The van der Waals surface area contributed by atoms with Crippen LogP contribution in [0.25, 0.3) is 0 Å². The Kier molecular flexibility index (Phi) is 9.72. The van der Waals surface area contributed by atoms with Crippen LogP contribution in [0.3, 0.4) is 0 Å². The van der Waals surface area contributed by atoms with Gasteiger partial charge in [0.05, 0.1) is 9.11 Å². The third-order valence-corrected chi connectivity index (χ3v) is 8.42. The lowest BCUT2D eigenvalue weighted by Crippen LogP contribution is -2.31. The second-order valence-electron chi connectivity index (χ2n) is 6.07. The minimum absolute atomic E-state index is 0.143. The number of rotatable bonds is 10. The van der Waals surface area contributed by atoms with Crippen molar-refractivity contribution >= 4 is 61.1 Å². The molecule has 1 aromatic heterocycles. The number of nitrogens with zero attached hydrogens (tertiary/aromatic N) is 2. The molecule has 1 unspecified atom stereocenters. The van der Waals surface area contributed by atoms with E-state index in [0.717, 1.165) is 8.30 Å². The van der Waals surface area contributed by atoms with Gasteiger partial charge in [-0.25, -0.2) is 0 Å². The van der Waals surface area contributed by atoms with Crippen molar-refractivity contribution in [1.29, 1.82) is 0 Å². The van der Waals surface area contributed by atoms with Crippen LogP contribution in [0.4, 0.5) is 0 Å². The van der Waals surface area contributed by atoms with Gasteiger partial charge < -0.3 is 0 Å². The van der Waals surface area contributed by atoms with E-state index < -0.39 is 0 Å². The molecule has 0 aliphatic heterocycles. The molecule has 0 radical (unpaired) electrons. The molecule has 0 amide bonds. The third-order valence-electron chi connectivity index (χ3n) is 4.14. The summed E-state index contributed by atoms with van der Waals surface area (Å²) < 4.78 is 5.74. The van der Waals surface area contributed by atoms with Crippen molar-refractivity contribution in [3.8, 4) is 0 Å². The SMILES string of the molecule is CCCCCCCC(C)(CCCC)n1nc(I)c(I)c1Br. The minimum atomic E-state index is 0.143. The maximum atomic E-state index is 4.80. The first-order valence-electron chi connectivity index (χ1n) is 8.06. The number of halogens is 3. The molecule has 0 aliphatic rings. The fraction of sp³-hybridized carbons (Fsp3) is 0.812. The van der Waals surface area contributed by atoms with Crippen LogP contribution in [0.5, 0.6) is 0 Å². The van der Waals surface area contributed by atoms with Gasteiger partial charge in [-0.1, -0.05) is 58.8 Å². The number of hydrogen-bond donors (Lipinski definition) is 0. The van der Waals surface area contributed by atoms with Gasteiger partial charge in [0, 0.05) is 0 Å². The summed E-state index contributed by atoms with van der Waals surface area (Å²) in [6.45, 7) is 6.93. The van der Waals surface area contributed by atoms with E-state index in [1.54, 1.807) is 0 Å². The van der Waals surface area contributed by atoms with E-state index in [-0.39, 0.29) is 5.54 Å². The van der Waals surface area contributed by atoms with Crippen LogP contribution in [0, 0.1) is 7.27 Å². The van der Waals surface area contributed by atoms with Gasteiger partial charge in [-0.2, -0.15) is 5.10 Å². The van der Waals surface area contributed by atoms with E-state index in [0.29, 0.717) is 0 Å². The highest BCUT2D eigenvalue weighted by Crippen LogP contribution is 2.35. The first kappa shape index (κ1) is 20.2. The monoisotopic (exact) mass is 580 g/mol. The lowest BCUT2D eigenvalue weighted by atomic mass is 9.89. The number of aromatic nitrogens is 2. The summed E-state index contributed by atoms with van der Waals surface area (Å²) in [5.74, 6) is 0. The summed E-state index contributed by atoms with van der Waals surface area (Å²) in [5, 5.41) is 4.80. The molecule has 21 heavy (non-hydrogen) atoms. The van der Waals surface area contributed by atoms with Gasteiger partial charge >= 0.3 is 0 Å². The Morgan fingerprint density at radius 2 is 1.57 bits per heavy atom. The second-order valence-corrected chi connectivity index (χ2v) is 8.92. The zero-order valence-electron chi connectivity index (χ0n) is 13.4. The first-order valence-corrected chi connectivity index (χ1v) is 11.0. The van der Waals surface area contributed by atoms with E-state index in [9.17, 15) is 0 Å². The fourth-order valence-corrected chi connectivity index (χ4v) is 4.59. The van der Waals surface area contributed by atoms with Crippen LogP contribution in [-0.2, 0) is 5.54 Å². The van der Waals surface area contributed by atoms with Gasteiger partial charge in [0.25, 0.3) is 0 Å². The molecule has 1 heterocycles. The minimum Gasteiger partial charge on any atom is -0.250 e. The summed E-state index contributed by atoms with van der Waals surface area (Å²) in [6.07, 6.45) is 11.7. The zero-order chi connectivity index (χ0) is 15.9. The molecule has 122 valence electrons. The van der Waals surface area contributed by atoms with E-state index in [4.69, 9.17) is 5.10 Å². The molecule has 0 aliphatic carbocycles. The molecule has 0 saturated heterocycles. The van der Waals surface area contributed by atoms with Gasteiger partial charge in [-0.15, -0.1) is 0 Å². The molecular formula is C16H27BrI2N2. The summed E-state index contributed by atoms with van der Waals surface area (Å²) in [6, 6.07) is 0. The normalized spacial score (nSPS) is 14.4. The smallest absolute Gasteiger partial charge is 0.137 e. The van der Waals surface area contributed by atoms with E-state index in [2.05, 4.69) is 86.6 Å². The molecule has 0 bridgehead atoms. The number of unbranched alkanes of at least 4 members (excludes halogenated alkanes) is 5. The fourth-order valence-electron chi connectivity index (χ4n) is 2.72. The Morgan fingerprint density at radius 1 is 1.00 bits per heavy atom. The summed E-state index contributed by atoms with van der Waals surface area (Å²) in [5.41, 5.74) is 0.143. The van der Waals surface area contributed by atoms with Crippen LogP contribution < -0.4 is 0 Å². The summed E-state index contributed by atoms with van der Waals surface area (Å²) in [4.78, 5) is 0. The molecule has 2 nitrogen and oxygen atoms in total. The zero-order valence-corrected chi connectivity index (χ0v) is 19.3. The van der Waals surface area contributed by atoms with E-state index >= 15 is 0 Å². The number of hydrogen-bond acceptors (Lipinski definition) is 1. The van der Waals surface area contributed by atoms with Crippen LogP contribution in [0.1, 0.15) is 78.6 Å². The predicted molar refractivity (Wildman–Crippen MR) is 112 cm³/mol. The molecule has 0 spiro atoms. The molecule has 0 aromatic carbocycles. The van der Waals surface area contributed by atoms with Crippen molar-refractivity contribution in [1.82, 2.24) is 9.78 Å². The standard InChI is InChI=1S/C16H27BrI2N2/c1-4-6-8-9-10-12-16(3,11-7-5-2)21-14(17)13(18)15(19)20-21/h4-12H2,1-3H3. The van der Waals surface area contributed by atoms with Crippen molar-refractivity contribution in [2.45, 2.75) is 84.1 Å². The Balaban J connectivity index is 2.79. The molecule has 0 N–H and O–H groups in total. The predicted octanol–water partition coefficient (Wildman–Crippen LogP) is 7.12. The Hall–Kier alpha value is 1.15. The quantitative estimate of drug-likeness (QED) is 0.213. The van der Waals surface area contributed by atoms with Crippen molar-refractivity contribution in [2.75, 3.05) is 0 Å². The van der Waals surface area contributed by atoms with Crippen LogP contribution in [0.15, 0.2) is 4.60 Å². The third kappa shape index (κ3) is 5.94. The Bertz CT molecular complexity index is 434. The first-order chi connectivity index (χ1) is 9.96. The largest absolute Gasteiger partial charge is 0.250 e. The van der Waals surface area contributed by atoms with Crippen molar-refractivity contribution in [3.05, 3.63) is 11.9 Å². The average Bonchev–Trinajstić information content (AvgIpc) is 2.73. The average molecular weight is 581 g/mol. The van der Waals surface area contributed by atoms with Gasteiger partial charge in [0.2, 0.25) is 0 Å². The summed E-state index contributed by atoms with van der Waals surface area (Å²) in [7, 11) is 0. The molecule has 1 atom stereocenters. The highest BCUT2D eigenvalue weighted by Gasteiger charge is 2.30. The Morgan fingerprint density at radius 3 is 2.10 bits per heavy atom. The Labute approximate surface area is 165 Å². The van der Waals surface area contributed by atoms with Gasteiger partial charge in [-0.05, 0) is 80.9 Å². The van der Waals surface area contributed by atoms with E-state index in [1.165, 1.54) is 61.4 Å². The molecule has 1 aromatic rings. The van der Waals surface area contributed by atoms with Gasteiger partial charge in [0.15, 0.2) is 0 Å². The van der Waals surface area contributed by atoms with Crippen molar-refractivity contribution in [3.63, 3.8) is 0 Å². The lowest BCUT2D eigenvalue weighted by molar-refractivity contribution is 0.223. The lowest BCUT2D eigenvalue weighted by Gasteiger charge is -2.31. The molecule has 0 fully saturated rings. The highest BCUT2D eigenvalue weighted by molar-refractivity contribution is 14.1. The summed E-state index contributed by atoms with van der Waals surface area (Å²) >= 11 is 8.47. The van der Waals surface area contributed by atoms with E-state index in [1.807, 2.05) is 0 Å². The van der Waals surface area contributed by atoms with Crippen molar-refractivity contribution in [2.24, 2.45) is 0 Å². The van der Waals surface area contributed by atoms with Crippen molar-refractivity contribution < 1.29 is 0 Å². The van der Waals surface area contributed by atoms with Gasteiger partial charge in [-0.3, -0.25) is 4.68 Å². The molecule has 5 heteroatoms. The second kappa shape index (κ2) is 10.1. The van der Waals surface area contributed by atoms with Gasteiger partial charge in [0.1, 0.15) is 8.30 Å². The molecular weight excluding hydrogens is 554 g/mol. The van der Waals surface area contributed by atoms with Crippen LogP contribution in [0.2, 0.25) is 0 Å².